The van der Waals surface area contributed by atoms with E-state index in [9.17, 15) is 23.1 Å². The molecule has 4 N–H and O–H groups in total. The summed E-state index contributed by atoms with van der Waals surface area (Å²) in [6, 6.07) is 37.5. The first kappa shape index (κ1) is 43.3. The zero-order valence-electron chi connectivity index (χ0n) is 37.1. The lowest BCUT2D eigenvalue weighted by molar-refractivity contribution is -0.139. The first-order valence-corrected chi connectivity index (χ1v) is 23.4. The van der Waals surface area contributed by atoms with Crippen LogP contribution in [0.5, 0.6) is 5.75 Å². The summed E-state index contributed by atoms with van der Waals surface area (Å²) in [5, 5.41) is 19.5. The van der Waals surface area contributed by atoms with Crippen LogP contribution in [-0.4, -0.2) is 49.8 Å². The van der Waals surface area contributed by atoms with Crippen LogP contribution in [0.3, 0.4) is 0 Å². The molecule has 0 saturated heterocycles. The fraction of sp³-hybridized carbons (Fsp3) is 0.264. The zero-order chi connectivity index (χ0) is 45.6. The van der Waals surface area contributed by atoms with E-state index in [4.69, 9.17) is 9.47 Å². The topological polar surface area (TPSA) is 155 Å². The molecule has 6 aromatic rings. The number of sulfonamides is 1. The molecule has 2 aliphatic carbocycles. The summed E-state index contributed by atoms with van der Waals surface area (Å²) in [6.07, 6.45) is 1.36. The molecule has 0 fully saturated rings. The minimum atomic E-state index is -4.33. The molecule has 0 radical (unpaired) electrons. The van der Waals surface area contributed by atoms with Gasteiger partial charge in [0.05, 0.1) is 10.9 Å². The lowest BCUT2D eigenvalue weighted by Crippen LogP contribution is -2.42. The van der Waals surface area contributed by atoms with E-state index in [0.29, 0.717) is 28.8 Å². The fourth-order valence-corrected chi connectivity index (χ4v) is 11.3. The van der Waals surface area contributed by atoms with E-state index in [1.165, 1.54) is 0 Å². The van der Waals surface area contributed by atoms with Gasteiger partial charge in [-0.1, -0.05) is 109 Å². The molecule has 1 unspecified atom stereocenters. The van der Waals surface area contributed by atoms with Crippen LogP contribution in [0.25, 0.3) is 11.1 Å². The Morgan fingerprint density at radius 3 is 1.91 bits per heavy atom. The summed E-state index contributed by atoms with van der Waals surface area (Å²) < 4.78 is 46.0. The third-order valence-electron chi connectivity index (χ3n) is 13.0. The SMILES string of the molecule is Cc1c(C)c(S(=O)(=O)/N=C(/Nc2ccc(CC(NC(=O)OCC3c4ccccc4-c4ccccc43)C(=O)O)cc2)NC2c3ccccc3CCc3ccccc32)c(C)c2c1OC(C)(C)C2. The second-order valence-corrected chi connectivity index (χ2v) is 19.4. The number of ether oxygens (including phenoxy) is 2. The second kappa shape index (κ2) is 17.2. The molecule has 12 heteroatoms. The van der Waals surface area contributed by atoms with Crippen molar-refractivity contribution in [1.82, 2.24) is 10.6 Å². The molecule has 0 saturated carbocycles. The number of anilines is 1. The van der Waals surface area contributed by atoms with Crippen molar-refractivity contribution >= 4 is 33.7 Å². The van der Waals surface area contributed by atoms with Crippen LogP contribution < -0.4 is 20.7 Å². The van der Waals surface area contributed by atoms with Gasteiger partial charge in [-0.15, -0.1) is 4.40 Å². The number of aryl methyl sites for hydroxylation is 2. The molecule has 0 aromatic heterocycles. The highest BCUT2D eigenvalue weighted by Gasteiger charge is 2.37. The van der Waals surface area contributed by atoms with Crippen molar-refractivity contribution in [1.29, 1.82) is 0 Å². The van der Waals surface area contributed by atoms with E-state index in [1.807, 2.05) is 100 Å². The van der Waals surface area contributed by atoms with Crippen molar-refractivity contribution in [2.24, 2.45) is 4.40 Å². The molecule has 1 aliphatic heterocycles. The largest absolute Gasteiger partial charge is 0.487 e. The molecule has 9 rings (SSSR count). The molecule has 332 valence electrons. The fourth-order valence-electron chi connectivity index (χ4n) is 9.78. The maximum absolute atomic E-state index is 14.7. The number of hydrogen-bond acceptors (Lipinski definition) is 6. The number of rotatable bonds is 10. The summed E-state index contributed by atoms with van der Waals surface area (Å²) in [5.74, 6) is -0.636. The summed E-state index contributed by atoms with van der Waals surface area (Å²) in [5.41, 5.74) is 12.1. The smallest absolute Gasteiger partial charge is 0.407 e. The lowest BCUT2D eigenvalue weighted by atomic mass is 9.94. The number of aliphatic carboxylic acids is 1. The van der Waals surface area contributed by atoms with E-state index in [0.717, 1.165) is 74.2 Å². The molecular weight excluding hydrogens is 837 g/mol. The van der Waals surface area contributed by atoms with E-state index < -0.39 is 39.8 Å². The molecule has 65 heavy (non-hydrogen) atoms. The molecule has 0 bridgehead atoms. The van der Waals surface area contributed by atoms with Gasteiger partial charge in [0.15, 0.2) is 0 Å². The minimum absolute atomic E-state index is 0.0168. The molecule has 11 nitrogen and oxygen atoms in total. The lowest BCUT2D eigenvalue weighted by Gasteiger charge is -2.25. The van der Waals surface area contributed by atoms with Gasteiger partial charge < -0.3 is 30.5 Å². The molecule has 1 atom stereocenters. The quantitative estimate of drug-likeness (QED) is 0.0778. The number of carbonyl (C=O) groups is 2. The third-order valence-corrected chi connectivity index (χ3v) is 14.6. The Morgan fingerprint density at radius 1 is 0.769 bits per heavy atom. The predicted molar refractivity (Wildman–Crippen MR) is 252 cm³/mol. The van der Waals surface area contributed by atoms with Gasteiger partial charge in [0.25, 0.3) is 10.0 Å². The maximum Gasteiger partial charge on any atom is 0.407 e. The number of nitrogens with one attached hydrogen (secondary N) is 3. The van der Waals surface area contributed by atoms with Crippen LogP contribution in [0, 0.1) is 20.8 Å². The van der Waals surface area contributed by atoms with Gasteiger partial charge in [0, 0.05) is 30.0 Å². The number of carboxylic acid groups (broad SMARTS) is 1. The molecule has 0 spiro atoms. The van der Waals surface area contributed by atoms with Crippen LogP contribution >= 0.6 is 0 Å². The van der Waals surface area contributed by atoms with Crippen molar-refractivity contribution in [3.05, 3.63) is 183 Å². The normalized spacial score (nSPS) is 15.6. The number of alkyl carbamates (subject to hydrolysis) is 1. The number of amides is 1. The van der Waals surface area contributed by atoms with Crippen molar-refractivity contribution in [3.63, 3.8) is 0 Å². The summed E-state index contributed by atoms with van der Waals surface area (Å²) in [6.45, 7) is 9.55. The highest BCUT2D eigenvalue weighted by atomic mass is 32.2. The average Bonchev–Trinajstić information content (AvgIpc) is 3.74. The highest BCUT2D eigenvalue weighted by Crippen LogP contribution is 2.46. The van der Waals surface area contributed by atoms with Crippen molar-refractivity contribution in [2.45, 2.75) is 88.8 Å². The van der Waals surface area contributed by atoms with Crippen molar-refractivity contribution in [3.8, 4) is 16.9 Å². The molecule has 1 heterocycles. The van der Waals surface area contributed by atoms with Crippen LogP contribution in [0.2, 0.25) is 0 Å². The van der Waals surface area contributed by atoms with E-state index in [1.54, 1.807) is 31.2 Å². The Labute approximate surface area is 380 Å². The number of carbonyl (C=O) groups excluding carboxylic acids is 1. The monoisotopic (exact) mass is 888 g/mol. The van der Waals surface area contributed by atoms with E-state index in [2.05, 4.69) is 44.6 Å². The van der Waals surface area contributed by atoms with E-state index in [-0.39, 0.29) is 29.8 Å². The minimum Gasteiger partial charge on any atom is -0.487 e. The van der Waals surface area contributed by atoms with Gasteiger partial charge in [-0.2, -0.15) is 8.42 Å². The summed E-state index contributed by atoms with van der Waals surface area (Å²) in [7, 11) is -4.33. The molecule has 3 aliphatic rings. The highest BCUT2D eigenvalue weighted by molar-refractivity contribution is 7.90. The maximum atomic E-state index is 14.7. The summed E-state index contributed by atoms with van der Waals surface area (Å²) in [4.78, 5) is 25.7. The van der Waals surface area contributed by atoms with Crippen LogP contribution in [-0.2, 0) is 45.2 Å². The van der Waals surface area contributed by atoms with Gasteiger partial charge in [-0.05, 0) is 126 Å². The average molecular weight is 889 g/mol. The summed E-state index contributed by atoms with van der Waals surface area (Å²) >= 11 is 0. The standard InChI is InChI=1S/C53H52N4O7S/c1-31-32(2)49(33(3)44-29-53(4,5)64-48(31)44)65(61,62)57-51(56-47-38-16-8-6-14-35(38)24-25-36-15-7-9-17-39(36)47)54-37-26-22-34(23-27-37)28-46(50(58)59)55-52(60)63-30-45-42-20-12-10-18-40(42)41-19-11-13-21-43(41)45/h6-23,26-27,45-47H,24-25,28-30H2,1-5H3,(H,55,60)(H,58,59)(H2,54,56,57). The van der Waals surface area contributed by atoms with Gasteiger partial charge >= 0.3 is 12.1 Å². The Kier molecular flexibility index (Phi) is 11.5. The van der Waals surface area contributed by atoms with Crippen molar-refractivity contribution < 1.29 is 32.6 Å². The third kappa shape index (κ3) is 8.58. The predicted octanol–water partition coefficient (Wildman–Crippen LogP) is 9.49. The molecule has 1 amide bonds. The second-order valence-electron chi connectivity index (χ2n) is 17.8. The van der Waals surface area contributed by atoms with E-state index >= 15 is 0 Å². The number of guanidine groups is 1. The first-order valence-electron chi connectivity index (χ1n) is 22.0. The Hall–Kier alpha value is -6.92. The van der Waals surface area contributed by atoms with Crippen LogP contribution in [0.4, 0.5) is 10.5 Å². The van der Waals surface area contributed by atoms with Gasteiger partial charge in [0.1, 0.15) is 24.0 Å². The Balaban J connectivity index is 0.980. The number of benzene rings is 6. The number of fused-ring (bicyclic) bond motifs is 6. The number of carboxylic acids is 1. The van der Waals surface area contributed by atoms with Crippen molar-refractivity contribution in [2.75, 3.05) is 11.9 Å². The Bertz CT molecular complexity index is 2910. The van der Waals surface area contributed by atoms with Gasteiger partial charge in [0.2, 0.25) is 5.96 Å². The number of hydrogen-bond donors (Lipinski definition) is 4. The van der Waals surface area contributed by atoms with Crippen LogP contribution in [0.15, 0.2) is 131 Å². The number of nitrogens with zero attached hydrogens (tertiary/aromatic N) is 1. The first-order chi connectivity index (χ1) is 31.2. The van der Waals surface area contributed by atoms with Gasteiger partial charge in [-0.3, -0.25) is 0 Å². The Morgan fingerprint density at radius 2 is 1.32 bits per heavy atom. The van der Waals surface area contributed by atoms with Gasteiger partial charge in [-0.25, -0.2) is 9.59 Å². The van der Waals surface area contributed by atoms with Crippen LogP contribution in [0.1, 0.15) is 87.0 Å². The zero-order valence-corrected chi connectivity index (χ0v) is 37.9. The molecular formula is C53H52N4O7S. The molecule has 6 aromatic carbocycles.